The second-order valence-electron chi connectivity index (χ2n) is 4.91. The van der Waals surface area contributed by atoms with Gasteiger partial charge in [-0.15, -0.1) is 0 Å². The summed E-state index contributed by atoms with van der Waals surface area (Å²) in [5, 5.41) is 2.62. The summed E-state index contributed by atoms with van der Waals surface area (Å²) >= 11 is 0. The predicted molar refractivity (Wildman–Crippen MR) is 73.9 cm³/mol. The van der Waals surface area contributed by atoms with Gasteiger partial charge >= 0.3 is 5.97 Å². The highest BCUT2D eigenvalue weighted by Crippen LogP contribution is 2.13. The summed E-state index contributed by atoms with van der Waals surface area (Å²) in [7, 11) is 0. The van der Waals surface area contributed by atoms with E-state index in [0.717, 1.165) is 12.8 Å². The van der Waals surface area contributed by atoms with Crippen molar-refractivity contribution in [2.45, 2.75) is 52.4 Å². The van der Waals surface area contributed by atoms with Gasteiger partial charge in [-0.25, -0.2) is 0 Å². The van der Waals surface area contributed by atoms with E-state index in [4.69, 9.17) is 4.74 Å². The highest BCUT2D eigenvalue weighted by Gasteiger charge is 2.15. The number of nitrogens with one attached hydrogen (secondary N) is 1. The summed E-state index contributed by atoms with van der Waals surface area (Å²) < 4.78 is 5.27. The average molecular weight is 268 g/mol. The Bertz CT molecular complexity index is 340. The second kappa shape index (κ2) is 8.67. The predicted octanol–water partition coefficient (Wildman–Crippen LogP) is 2.05. The molecule has 5 heteroatoms. The Morgan fingerprint density at radius 2 is 2.26 bits per heavy atom. The summed E-state index contributed by atoms with van der Waals surface area (Å²) in [5.41, 5.74) is 0. The number of aliphatic imine (C=N–C) groups is 1. The van der Waals surface area contributed by atoms with Gasteiger partial charge in [-0.1, -0.05) is 33.1 Å². The summed E-state index contributed by atoms with van der Waals surface area (Å²) in [6.07, 6.45) is 5.24. The number of esters is 1. The van der Waals surface area contributed by atoms with E-state index in [1.807, 2.05) is 0 Å². The number of unbranched alkanes of at least 4 members (excludes halogenated alkanes) is 1. The Balaban J connectivity index is 2.14. The minimum absolute atomic E-state index is 0.103. The van der Waals surface area contributed by atoms with Crippen LogP contribution in [0.1, 0.15) is 52.4 Å². The van der Waals surface area contributed by atoms with Crippen molar-refractivity contribution in [3.8, 4) is 0 Å². The zero-order valence-electron chi connectivity index (χ0n) is 11.9. The number of amides is 1. The van der Waals surface area contributed by atoms with Crippen LogP contribution >= 0.6 is 0 Å². The van der Waals surface area contributed by atoms with E-state index in [-0.39, 0.29) is 24.8 Å². The maximum absolute atomic E-state index is 11.6. The lowest BCUT2D eigenvalue weighted by Gasteiger charge is -2.14. The highest BCUT2D eigenvalue weighted by molar-refractivity contribution is 6.04. The molecule has 108 valence electrons. The van der Waals surface area contributed by atoms with Crippen molar-refractivity contribution in [3.63, 3.8) is 0 Å². The zero-order valence-corrected chi connectivity index (χ0v) is 11.9. The molecular formula is C14H24N2O3. The number of nitrogens with zero attached hydrogens (tertiary/aromatic N) is 1. The summed E-state index contributed by atoms with van der Waals surface area (Å²) in [5.74, 6) is 0.750. The minimum Gasteiger partial charge on any atom is -0.465 e. The smallest absolute Gasteiger partial charge is 0.306 e. The number of amidine groups is 1. The van der Waals surface area contributed by atoms with Crippen molar-refractivity contribution >= 4 is 17.7 Å². The van der Waals surface area contributed by atoms with Crippen molar-refractivity contribution in [3.05, 3.63) is 0 Å². The van der Waals surface area contributed by atoms with Crippen LogP contribution in [0.25, 0.3) is 0 Å². The average Bonchev–Trinajstić information content (AvgIpc) is 2.82. The maximum atomic E-state index is 11.6. The molecule has 19 heavy (non-hydrogen) atoms. The zero-order chi connectivity index (χ0) is 14.1. The first-order chi connectivity index (χ1) is 9.15. The fourth-order valence-electron chi connectivity index (χ4n) is 1.95. The van der Waals surface area contributed by atoms with Crippen LogP contribution in [-0.2, 0) is 14.3 Å². The van der Waals surface area contributed by atoms with Crippen LogP contribution in [0.2, 0.25) is 0 Å². The molecule has 1 heterocycles. The van der Waals surface area contributed by atoms with E-state index in [1.165, 1.54) is 12.8 Å². The molecular weight excluding hydrogens is 244 g/mol. The van der Waals surface area contributed by atoms with Gasteiger partial charge in [-0.05, 0) is 12.3 Å². The third-order valence-electron chi connectivity index (χ3n) is 3.29. The van der Waals surface area contributed by atoms with Gasteiger partial charge in [-0.2, -0.15) is 0 Å². The Morgan fingerprint density at radius 1 is 1.47 bits per heavy atom. The molecule has 1 atom stereocenters. The van der Waals surface area contributed by atoms with Gasteiger partial charge in [-0.3, -0.25) is 14.6 Å². The molecule has 1 N–H and O–H groups in total. The van der Waals surface area contributed by atoms with Crippen molar-refractivity contribution in [2.75, 3.05) is 13.2 Å². The lowest BCUT2D eigenvalue weighted by atomic mass is 10.0. The number of rotatable bonds is 9. The van der Waals surface area contributed by atoms with Crippen LogP contribution in [0.5, 0.6) is 0 Å². The van der Waals surface area contributed by atoms with Gasteiger partial charge in [0.15, 0.2) is 0 Å². The Morgan fingerprint density at radius 3 is 2.84 bits per heavy atom. The number of hydrogen-bond donors (Lipinski definition) is 1. The summed E-state index contributed by atoms with van der Waals surface area (Å²) in [6, 6.07) is 0. The quantitative estimate of drug-likeness (QED) is 0.651. The molecule has 1 aliphatic heterocycles. The van der Waals surface area contributed by atoms with Crippen molar-refractivity contribution in [2.24, 2.45) is 10.9 Å². The van der Waals surface area contributed by atoms with E-state index < -0.39 is 0 Å². The van der Waals surface area contributed by atoms with Crippen LogP contribution in [0.4, 0.5) is 0 Å². The largest absolute Gasteiger partial charge is 0.465 e. The first kappa shape index (κ1) is 15.7. The Kier molecular flexibility index (Phi) is 7.15. The third kappa shape index (κ3) is 6.36. The molecule has 1 rings (SSSR count). The molecule has 0 aliphatic carbocycles. The molecule has 0 saturated heterocycles. The molecule has 1 amide bonds. The first-order valence-corrected chi connectivity index (χ1v) is 7.14. The molecule has 1 aliphatic rings. The number of carbonyl (C=O) groups is 2. The Hall–Kier alpha value is -1.39. The fourth-order valence-corrected chi connectivity index (χ4v) is 1.95. The van der Waals surface area contributed by atoms with Crippen molar-refractivity contribution in [1.82, 2.24) is 5.32 Å². The van der Waals surface area contributed by atoms with E-state index >= 15 is 0 Å². The number of hydrogen-bond acceptors (Lipinski definition) is 4. The molecule has 5 nitrogen and oxygen atoms in total. The molecule has 1 unspecified atom stereocenters. The molecule has 0 aromatic rings. The number of ether oxygens (including phenoxy) is 1. The molecule has 0 spiro atoms. The highest BCUT2D eigenvalue weighted by atomic mass is 16.5. The van der Waals surface area contributed by atoms with Gasteiger partial charge < -0.3 is 10.1 Å². The molecule has 0 fully saturated rings. The van der Waals surface area contributed by atoms with E-state index in [0.29, 0.717) is 24.8 Å². The lowest BCUT2D eigenvalue weighted by molar-refractivity contribution is -0.145. The van der Waals surface area contributed by atoms with Crippen LogP contribution in [0, 0.1) is 5.92 Å². The van der Waals surface area contributed by atoms with Crippen LogP contribution in [0.15, 0.2) is 4.99 Å². The van der Waals surface area contributed by atoms with E-state index in [2.05, 4.69) is 24.2 Å². The maximum Gasteiger partial charge on any atom is 0.306 e. The van der Waals surface area contributed by atoms with Gasteiger partial charge in [0.2, 0.25) is 5.91 Å². The van der Waals surface area contributed by atoms with Gasteiger partial charge in [0.25, 0.3) is 0 Å². The SMILES string of the molecule is CCCCC(CC)COC(=O)CCC1=NCC(=O)N1. The second-order valence-corrected chi connectivity index (χ2v) is 4.91. The molecule has 0 aromatic heterocycles. The lowest BCUT2D eigenvalue weighted by Crippen LogP contribution is -2.25. The van der Waals surface area contributed by atoms with Crippen molar-refractivity contribution in [1.29, 1.82) is 0 Å². The normalized spacial score (nSPS) is 15.9. The molecule has 0 saturated carbocycles. The fraction of sp³-hybridized carbons (Fsp3) is 0.786. The molecule has 0 aromatic carbocycles. The minimum atomic E-state index is -0.209. The van der Waals surface area contributed by atoms with Crippen LogP contribution in [0.3, 0.4) is 0 Å². The number of carbonyl (C=O) groups excluding carboxylic acids is 2. The third-order valence-corrected chi connectivity index (χ3v) is 3.29. The Labute approximate surface area is 114 Å². The standard InChI is InChI=1S/C14H24N2O3/c1-3-5-6-11(4-2)10-19-14(18)8-7-12-15-9-13(17)16-12/h11H,3-10H2,1-2H3,(H,15,16,17). The summed E-state index contributed by atoms with van der Waals surface area (Å²) in [6.45, 7) is 4.97. The molecule has 0 bridgehead atoms. The van der Waals surface area contributed by atoms with Crippen molar-refractivity contribution < 1.29 is 14.3 Å². The van der Waals surface area contributed by atoms with E-state index in [1.54, 1.807) is 0 Å². The summed E-state index contributed by atoms with van der Waals surface area (Å²) in [4.78, 5) is 26.5. The monoisotopic (exact) mass is 268 g/mol. The molecule has 0 radical (unpaired) electrons. The van der Waals surface area contributed by atoms with Gasteiger partial charge in [0.05, 0.1) is 13.0 Å². The van der Waals surface area contributed by atoms with Gasteiger partial charge in [0.1, 0.15) is 12.4 Å². The van der Waals surface area contributed by atoms with E-state index in [9.17, 15) is 9.59 Å². The van der Waals surface area contributed by atoms with Gasteiger partial charge in [0, 0.05) is 6.42 Å². The van der Waals surface area contributed by atoms with Crippen LogP contribution in [-0.4, -0.2) is 30.9 Å². The first-order valence-electron chi connectivity index (χ1n) is 7.14. The topological polar surface area (TPSA) is 67.8 Å². The van der Waals surface area contributed by atoms with Crippen LogP contribution < -0.4 is 5.32 Å².